The lowest BCUT2D eigenvalue weighted by molar-refractivity contribution is -0.134. The standard InChI is InChI=1S/C27H37O7P/c1-2-3-4-5-6-7-8-9-10-11-12-13-26(28)33-24-18-14-22(15-19-24)27(29)23-16-20-25(21-17-23)34-35(30,31)32/h14-21H,2-13H2,1H3,(H2,30,31,32). The zero-order chi connectivity index (χ0) is 25.5. The fraction of sp³-hybridized carbons (Fsp3) is 0.481. The molecular weight excluding hydrogens is 467 g/mol. The second-order valence-electron chi connectivity index (χ2n) is 8.72. The Balaban J connectivity index is 1.66. The van der Waals surface area contributed by atoms with Gasteiger partial charge in [-0.2, -0.15) is 0 Å². The molecule has 0 bridgehead atoms. The summed E-state index contributed by atoms with van der Waals surface area (Å²) in [4.78, 5) is 42.3. The summed E-state index contributed by atoms with van der Waals surface area (Å²) in [6, 6.07) is 11.8. The van der Waals surface area contributed by atoms with Crippen molar-refractivity contribution in [2.45, 2.75) is 84.0 Å². The predicted molar refractivity (Wildman–Crippen MR) is 136 cm³/mol. The van der Waals surface area contributed by atoms with Gasteiger partial charge in [0, 0.05) is 17.5 Å². The average Bonchev–Trinajstić information content (AvgIpc) is 2.82. The van der Waals surface area contributed by atoms with E-state index in [0.717, 1.165) is 19.3 Å². The molecule has 0 atom stereocenters. The molecule has 2 aromatic carbocycles. The molecule has 0 aliphatic carbocycles. The summed E-state index contributed by atoms with van der Waals surface area (Å²) in [7, 11) is -4.65. The van der Waals surface area contributed by atoms with Gasteiger partial charge >= 0.3 is 13.8 Å². The van der Waals surface area contributed by atoms with Crippen LogP contribution in [0, 0.1) is 0 Å². The second kappa shape index (κ2) is 15.5. The first-order valence-corrected chi connectivity index (χ1v) is 14.0. The molecule has 0 aliphatic rings. The highest BCUT2D eigenvalue weighted by molar-refractivity contribution is 7.46. The molecule has 0 amide bonds. The lowest BCUT2D eigenvalue weighted by Gasteiger charge is -2.08. The highest BCUT2D eigenvalue weighted by Gasteiger charge is 2.16. The van der Waals surface area contributed by atoms with Crippen LogP contribution < -0.4 is 9.26 Å². The minimum absolute atomic E-state index is 0.0325. The average molecular weight is 505 g/mol. The van der Waals surface area contributed by atoms with Crippen LogP contribution >= 0.6 is 7.82 Å². The molecule has 0 radical (unpaired) electrons. The number of ketones is 1. The summed E-state index contributed by atoms with van der Waals surface area (Å²) in [5.41, 5.74) is 0.739. The first kappa shape index (κ1) is 28.8. The molecule has 0 saturated carbocycles. The third kappa shape index (κ3) is 12.2. The molecule has 7 nitrogen and oxygen atoms in total. The smallest absolute Gasteiger partial charge is 0.427 e. The fourth-order valence-corrected chi connectivity index (χ4v) is 4.16. The van der Waals surface area contributed by atoms with Crippen molar-refractivity contribution < 1.29 is 33.2 Å². The Morgan fingerprint density at radius 2 is 1.11 bits per heavy atom. The van der Waals surface area contributed by atoms with E-state index in [4.69, 9.17) is 14.5 Å². The first-order chi connectivity index (χ1) is 16.8. The minimum atomic E-state index is -4.65. The van der Waals surface area contributed by atoms with Crippen LogP contribution in [0.4, 0.5) is 0 Å². The normalized spacial score (nSPS) is 11.3. The molecule has 0 aliphatic heterocycles. The first-order valence-electron chi connectivity index (χ1n) is 12.5. The Hall–Kier alpha value is -2.47. The maximum Gasteiger partial charge on any atom is 0.524 e. The number of benzene rings is 2. The lowest BCUT2D eigenvalue weighted by Crippen LogP contribution is -2.08. The maximum atomic E-state index is 12.6. The van der Waals surface area contributed by atoms with E-state index >= 15 is 0 Å². The zero-order valence-electron chi connectivity index (χ0n) is 20.5. The predicted octanol–water partition coefficient (Wildman–Crippen LogP) is 7.00. The van der Waals surface area contributed by atoms with E-state index in [9.17, 15) is 14.2 Å². The highest BCUT2D eigenvalue weighted by atomic mass is 31.2. The molecule has 192 valence electrons. The van der Waals surface area contributed by atoms with Gasteiger partial charge in [0.15, 0.2) is 5.78 Å². The van der Waals surface area contributed by atoms with Crippen molar-refractivity contribution in [3.63, 3.8) is 0 Å². The Bertz CT molecular complexity index is 948. The molecule has 2 rings (SSSR count). The fourth-order valence-electron chi connectivity index (χ4n) is 3.76. The van der Waals surface area contributed by atoms with E-state index in [1.165, 1.54) is 75.6 Å². The van der Waals surface area contributed by atoms with Gasteiger partial charge in [0.25, 0.3) is 0 Å². The van der Waals surface area contributed by atoms with Crippen LogP contribution in [0.3, 0.4) is 0 Å². The molecule has 0 fully saturated rings. The van der Waals surface area contributed by atoms with Gasteiger partial charge in [-0.25, -0.2) is 4.57 Å². The Labute approximate surface area is 208 Å². The molecule has 0 heterocycles. The van der Waals surface area contributed by atoms with Crippen LogP contribution in [0.25, 0.3) is 0 Å². The number of rotatable bonds is 17. The molecule has 8 heteroatoms. The van der Waals surface area contributed by atoms with Gasteiger partial charge < -0.3 is 9.26 Å². The van der Waals surface area contributed by atoms with E-state index in [0.29, 0.717) is 23.3 Å². The van der Waals surface area contributed by atoms with Crippen molar-refractivity contribution in [1.82, 2.24) is 0 Å². The second-order valence-corrected chi connectivity index (χ2v) is 9.88. The highest BCUT2D eigenvalue weighted by Crippen LogP contribution is 2.37. The Kier molecular flexibility index (Phi) is 12.7. The van der Waals surface area contributed by atoms with E-state index in [-0.39, 0.29) is 17.5 Å². The quantitative estimate of drug-likeness (QED) is 0.0785. The SMILES string of the molecule is CCCCCCCCCCCCCC(=O)Oc1ccc(C(=O)c2ccc(OP(=O)(O)O)cc2)cc1. The Morgan fingerprint density at radius 3 is 1.57 bits per heavy atom. The number of hydrogen-bond donors (Lipinski definition) is 2. The summed E-state index contributed by atoms with van der Waals surface area (Å²) < 4.78 is 20.7. The minimum Gasteiger partial charge on any atom is -0.427 e. The van der Waals surface area contributed by atoms with Crippen LogP contribution in [0.5, 0.6) is 11.5 Å². The van der Waals surface area contributed by atoms with Gasteiger partial charge in [-0.1, -0.05) is 71.1 Å². The molecule has 2 aromatic rings. The third-order valence-corrected chi connectivity index (χ3v) is 6.12. The van der Waals surface area contributed by atoms with Crippen molar-refractivity contribution in [3.05, 3.63) is 59.7 Å². The summed E-state index contributed by atoms with van der Waals surface area (Å²) in [6.07, 6.45) is 13.8. The number of phosphoric acid groups is 1. The van der Waals surface area contributed by atoms with Gasteiger partial charge in [-0.05, 0) is 55.0 Å². The van der Waals surface area contributed by atoms with Crippen LogP contribution in [-0.2, 0) is 9.36 Å². The van der Waals surface area contributed by atoms with Crippen LogP contribution in [0.2, 0.25) is 0 Å². The van der Waals surface area contributed by atoms with Gasteiger partial charge in [0.05, 0.1) is 0 Å². The number of phosphoric ester groups is 1. The van der Waals surface area contributed by atoms with Crippen LogP contribution in [0.1, 0.15) is 99.9 Å². The number of unbranched alkanes of at least 4 members (excludes halogenated alkanes) is 10. The zero-order valence-corrected chi connectivity index (χ0v) is 21.4. The third-order valence-electron chi connectivity index (χ3n) is 5.67. The number of hydrogen-bond acceptors (Lipinski definition) is 5. The maximum absolute atomic E-state index is 12.6. The Morgan fingerprint density at radius 1 is 0.686 bits per heavy atom. The molecule has 0 spiro atoms. The number of ether oxygens (including phenoxy) is 1. The molecule has 0 aromatic heterocycles. The summed E-state index contributed by atoms with van der Waals surface area (Å²) in [6.45, 7) is 2.23. The van der Waals surface area contributed by atoms with Gasteiger partial charge in [0.1, 0.15) is 11.5 Å². The van der Waals surface area contributed by atoms with Crippen molar-refractivity contribution in [1.29, 1.82) is 0 Å². The molecule has 2 N–H and O–H groups in total. The molecule has 0 unspecified atom stereocenters. The van der Waals surface area contributed by atoms with E-state index in [1.807, 2.05) is 0 Å². The van der Waals surface area contributed by atoms with Gasteiger partial charge in [0.2, 0.25) is 0 Å². The van der Waals surface area contributed by atoms with E-state index in [1.54, 1.807) is 24.3 Å². The van der Waals surface area contributed by atoms with E-state index in [2.05, 4.69) is 11.4 Å². The largest absolute Gasteiger partial charge is 0.524 e. The summed E-state index contributed by atoms with van der Waals surface area (Å²) in [5, 5.41) is 0. The molecule has 0 saturated heterocycles. The van der Waals surface area contributed by atoms with Crippen molar-refractivity contribution in [2.24, 2.45) is 0 Å². The summed E-state index contributed by atoms with van der Waals surface area (Å²) >= 11 is 0. The van der Waals surface area contributed by atoms with Crippen LogP contribution in [0.15, 0.2) is 48.5 Å². The number of esters is 1. The van der Waals surface area contributed by atoms with Gasteiger partial charge in [-0.3, -0.25) is 19.4 Å². The van der Waals surface area contributed by atoms with Crippen molar-refractivity contribution >= 4 is 19.6 Å². The van der Waals surface area contributed by atoms with Crippen molar-refractivity contribution in [2.75, 3.05) is 0 Å². The number of carbonyl (C=O) groups is 2. The van der Waals surface area contributed by atoms with Gasteiger partial charge in [-0.15, -0.1) is 0 Å². The van der Waals surface area contributed by atoms with Crippen LogP contribution in [-0.4, -0.2) is 21.5 Å². The molecule has 35 heavy (non-hydrogen) atoms. The molecular formula is C27H37O7P. The van der Waals surface area contributed by atoms with E-state index < -0.39 is 7.82 Å². The topological polar surface area (TPSA) is 110 Å². The monoisotopic (exact) mass is 504 g/mol. The number of carbonyl (C=O) groups excluding carboxylic acids is 2. The van der Waals surface area contributed by atoms with Crippen molar-refractivity contribution in [3.8, 4) is 11.5 Å². The lowest BCUT2D eigenvalue weighted by atomic mass is 10.0. The summed E-state index contributed by atoms with van der Waals surface area (Å²) in [5.74, 6) is -0.192.